The lowest BCUT2D eigenvalue weighted by molar-refractivity contribution is 0.254. The van der Waals surface area contributed by atoms with Crippen molar-refractivity contribution in [2.75, 3.05) is 12.4 Å². The van der Waals surface area contributed by atoms with Crippen LogP contribution >= 0.6 is 23.2 Å². The molecule has 3 nitrogen and oxygen atoms in total. The van der Waals surface area contributed by atoms with Gasteiger partial charge in [0.25, 0.3) is 0 Å². The van der Waals surface area contributed by atoms with E-state index in [2.05, 4.69) is 10.6 Å². The molecule has 0 aliphatic carbocycles. The van der Waals surface area contributed by atoms with Gasteiger partial charge >= 0.3 is 6.03 Å². The number of carbonyl (C=O) groups excluding carboxylic acids is 1. The molecular formula is C8H8Cl2N2O. The molecule has 13 heavy (non-hydrogen) atoms. The maximum Gasteiger partial charge on any atom is 0.319 e. The Balaban J connectivity index is 2.89. The van der Waals surface area contributed by atoms with Crippen LogP contribution in [-0.2, 0) is 0 Å². The van der Waals surface area contributed by atoms with Crippen LogP contribution in [0.5, 0.6) is 0 Å². The first-order valence-electron chi connectivity index (χ1n) is 3.58. The number of halogens is 2. The summed E-state index contributed by atoms with van der Waals surface area (Å²) in [6, 6.07) is 4.70. The minimum absolute atomic E-state index is 0.329. The molecule has 0 unspecified atom stereocenters. The molecule has 0 aliphatic heterocycles. The molecule has 0 aromatic heterocycles. The van der Waals surface area contributed by atoms with E-state index >= 15 is 0 Å². The summed E-state index contributed by atoms with van der Waals surface area (Å²) in [5.41, 5.74) is 0.494. The zero-order chi connectivity index (χ0) is 9.84. The molecule has 70 valence electrons. The molecule has 2 N–H and O–H groups in total. The van der Waals surface area contributed by atoms with E-state index in [1.54, 1.807) is 18.2 Å². The zero-order valence-corrected chi connectivity index (χ0v) is 8.41. The van der Waals surface area contributed by atoms with Gasteiger partial charge in [0.1, 0.15) is 0 Å². The van der Waals surface area contributed by atoms with Crippen molar-refractivity contribution < 1.29 is 4.79 Å². The van der Waals surface area contributed by atoms with E-state index < -0.39 is 0 Å². The minimum Gasteiger partial charge on any atom is -0.341 e. The molecule has 0 fully saturated rings. The molecule has 0 saturated carbocycles. The van der Waals surface area contributed by atoms with Gasteiger partial charge in [-0.05, 0) is 12.1 Å². The van der Waals surface area contributed by atoms with Crippen LogP contribution in [0.25, 0.3) is 0 Å². The highest BCUT2D eigenvalue weighted by molar-refractivity contribution is 6.43. The Morgan fingerprint density at radius 3 is 2.69 bits per heavy atom. The molecule has 0 atom stereocenters. The molecule has 0 saturated heterocycles. The van der Waals surface area contributed by atoms with Crippen molar-refractivity contribution in [3.05, 3.63) is 28.2 Å². The first-order chi connectivity index (χ1) is 6.15. The van der Waals surface area contributed by atoms with Crippen molar-refractivity contribution in [2.24, 2.45) is 0 Å². The normalized spacial score (nSPS) is 9.46. The van der Waals surface area contributed by atoms with Crippen molar-refractivity contribution in [2.45, 2.75) is 0 Å². The lowest BCUT2D eigenvalue weighted by Crippen LogP contribution is -2.24. The van der Waals surface area contributed by atoms with Gasteiger partial charge in [-0.2, -0.15) is 0 Å². The van der Waals surface area contributed by atoms with Crippen LogP contribution in [0.1, 0.15) is 0 Å². The average Bonchev–Trinajstić information content (AvgIpc) is 2.13. The maximum atomic E-state index is 10.9. The van der Waals surface area contributed by atoms with Crippen molar-refractivity contribution in [1.82, 2.24) is 5.32 Å². The standard InChI is InChI=1S/C8H8Cl2N2O/c1-11-8(13)12-6-4-2-3-5(9)7(6)10/h2-4H,1H3,(H2,11,12,13). The molecule has 0 bridgehead atoms. The molecule has 0 aliphatic rings. The van der Waals surface area contributed by atoms with Crippen LogP contribution in [0.4, 0.5) is 10.5 Å². The van der Waals surface area contributed by atoms with E-state index in [-0.39, 0.29) is 6.03 Å². The van der Waals surface area contributed by atoms with E-state index in [1.807, 2.05) is 0 Å². The second kappa shape index (κ2) is 4.35. The maximum absolute atomic E-state index is 10.9. The summed E-state index contributed by atoms with van der Waals surface area (Å²) in [7, 11) is 1.52. The number of rotatable bonds is 1. The second-order valence-corrected chi connectivity index (χ2v) is 3.09. The van der Waals surface area contributed by atoms with E-state index in [9.17, 15) is 4.79 Å². The fourth-order valence-electron chi connectivity index (χ4n) is 0.785. The summed E-state index contributed by atoms with van der Waals surface area (Å²) in [5, 5.41) is 5.70. The molecule has 0 radical (unpaired) electrons. The molecule has 2 amide bonds. The minimum atomic E-state index is -0.329. The second-order valence-electron chi connectivity index (χ2n) is 2.31. The molecule has 1 rings (SSSR count). The van der Waals surface area contributed by atoms with Crippen LogP contribution in [-0.4, -0.2) is 13.1 Å². The molecule has 1 aromatic rings. The highest BCUT2D eigenvalue weighted by Gasteiger charge is 2.05. The van der Waals surface area contributed by atoms with E-state index in [0.29, 0.717) is 15.7 Å². The Labute approximate surface area is 86.0 Å². The number of urea groups is 1. The fourth-order valence-corrected chi connectivity index (χ4v) is 1.13. The largest absolute Gasteiger partial charge is 0.341 e. The van der Waals surface area contributed by atoms with Crippen molar-refractivity contribution in [3.63, 3.8) is 0 Å². The predicted molar refractivity (Wildman–Crippen MR) is 54.5 cm³/mol. The number of amides is 2. The lowest BCUT2D eigenvalue weighted by Gasteiger charge is -2.06. The van der Waals surface area contributed by atoms with E-state index in [1.165, 1.54) is 7.05 Å². The third-order valence-electron chi connectivity index (χ3n) is 1.43. The van der Waals surface area contributed by atoms with Crippen LogP contribution < -0.4 is 10.6 Å². The Kier molecular flexibility index (Phi) is 3.39. The van der Waals surface area contributed by atoms with Gasteiger partial charge in [-0.15, -0.1) is 0 Å². The van der Waals surface area contributed by atoms with Gasteiger partial charge in [-0.1, -0.05) is 29.3 Å². The third-order valence-corrected chi connectivity index (χ3v) is 2.25. The summed E-state index contributed by atoms with van der Waals surface area (Å²) in [4.78, 5) is 10.9. The fraction of sp³-hybridized carbons (Fsp3) is 0.125. The number of anilines is 1. The van der Waals surface area contributed by atoms with Gasteiger partial charge in [-0.3, -0.25) is 0 Å². The van der Waals surface area contributed by atoms with E-state index in [0.717, 1.165) is 0 Å². The highest BCUT2D eigenvalue weighted by Crippen LogP contribution is 2.29. The first-order valence-corrected chi connectivity index (χ1v) is 4.33. The molecule has 0 spiro atoms. The Morgan fingerprint density at radius 1 is 1.38 bits per heavy atom. The number of benzene rings is 1. The topological polar surface area (TPSA) is 41.1 Å². The molecule has 0 heterocycles. The quantitative estimate of drug-likeness (QED) is 0.748. The van der Waals surface area contributed by atoms with Crippen LogP contribution in [0.15, 0.2) is 18.2 Å². The average molecular weight is 219 g/mol. The van der Waals surface area contributed by atoms with Crippen LogP contribution in [0.3, 0.4) is 0 Å². The number of carbonyl (C=O) groups is 1. The zero-order valence-electron chi connectivity index (χ0n) is 6.90. The monoisotopic (exact) mass is 218 g/mol. The lowest BCUT2D eigenvalue weighted by atomic mass is 10.3. The first kappa shape index (κ1) is 10.2. The number of nitrogens with one attached hydrogen (secondary N) is 2. The van der Waals surface area contributed by atoms with E-state index in [4.69, 9.17) is 23.2 Å². The van der Waals surface area contributed by atoms with Gasteiger partial charge in [0.15, 0.2) is 0 Å². The Hall–Kier alpha value is -0.930. The van der Waals surface area contributed by atoms with Crippen molar-refractivity contribution >= 4 is 34.9 Å². The molecule has 1 aromatic carbocycles. The van der Waals surface area contributed by atoms with Gasteiger partial charge in [0, 0.05) is 7.05 Å². The summed E-state index contributed by atoms with van der Waals surface area (Å²) < 4.78 is 0. The number of hydrogen-bond donors (Lipinski definition) is 2. The highest BCUT2D eigenvalue weighted by atomic mass is 35.5. The van der Waals surface area contributed by atoms with Crippen LogP contribution in [0, 0.1) is 0 Å². The summed E-state index contributed by atoms with van der Waals surface area (Å²) in [6.45, 7) is 0. The Morgan fingerprint density at radius 2 is 2.08 bits per heavy atom. The smallest absolute Gasteiger partial charge is 0.319 e. The summed E-state index contributed by atoms with van der Waals surface area (Å²) in [5.74, 6) is 0. The van der Waals surface area contributed by atoms with Gasteiger partial charge in [0.2, 0.25) is 0 Å². The van der Waals surface area contributed by atoms with Gasteiger partial charge in [-0.25, -0.2) is 4.79 Å². The SMILES string of the molecule is CNC(=O)Nc1cccc(Cl)c1Cl. The number of hydrogen-bond acceptors (Lipinski definition) is 1. The van der Waals surface area contributed by atoms with Crippen molar-refractivity contribution in [3.8, 4) is 0 Å². The van der Waals surface area contributed by atoms with Gasteiger partial charge in [0.05, 0.1) is 15.7 Å². The Bertz CT molecular complexity index is 328. The van der Waals surface area contributed by atoms with Gasteiger partial charge < -0.3 is 10.6 Å². The predicted octanol–water partition coefficient (Wildman–Crippen LogP) is 2.74. The molecule has 5 heteroatoms. The summed E-state index contributed by atoms with van der Waals surface area (Å²) in [6.07, 6.45) is 0. The van der Waals surface area contributed by atoms with Crippen LogP contribution in [0.2, 0.25) is 10.0 Å². The third kappa shape index (κ3) is 2.50. The summed E-state index contributed by atoms with van der Waals surface area (Å²) >= 11 is 11.6. The molecular weight excluding hydrogens is 211 g/mol. The van der Waals surface area contributed by atoms with Crippen molar-refractivity contribution in [1.29, 1.82) is 0 Å².